The number of anilines is 1. The van der Waals surface area contributed by atoms with E-state index >= 15 is 0 Å². The zero-order valence-corrected chi connectivity index (χ0v) is 13.5. The quantitative estimate of drug-likeness (QED) is 0.832. The molecule has 10 heteroatoms. The van der Waals surface area contributed by atoms with Gasteiger partial charge in [0.2, 0.25) is 0 Å². The predicted molar refractivity (Wildman–Crippen MR) is 82.1 cm³/mol. The first-order chi connectivity index (χ1) is 11.7. The highest BCUT2D eigenvalue weighted by Gasteiger charge is 2.33. The Morgan fingerprint density at radius 3 is 2.56 bits per heavy atom. The standard InChI is InChI=1S/C15H11ClF3N3O3/c1-8-5-21-12(6-20-8)14(24)25-7-13(23)22-9-2-3-11(16)10(4-9)15(17,18)19/h2-6H,7H2,1H3,(H,22,23). The summed E-state index contributed by atoms with van der Waals surface area (Å²) in [6, 6.07) is 2.89. The van der Waals surface area contributed by atoms with Gasteiger partial charge in [-0.25, -0.2) is 9.78 Å². The Morgan fingerprint density at radius 2 is 1.96 bits per heavy atom. The van der Waals surface area contributed by atoms with Crippen LogP contribution in [0.25, 0.3) is 0 Å². The first-order valence-electron chi connectivity index (χ1n) is 6.79. The van der Waals surface area contributed by atoms with Crippen LogP contribution < -0.4 is 5.32 Å². The van der Waals surface area contributed by atoms with Gasteiger partial charge in [-0.2, -0.15) is 13.2 Å². The fourth-order valence-corrected chi connectivity index (χ4v) is 1.95. The molecule has 0 saturated carbocycles. The van der Waals surface area contributed by atoms with Crippen LogP contribution in [0.15, 0.2) is 30.6 Å². The molecule has 0 aliphatic rings. The number of halogens is 4. The van der Waals surface area contributed by atoms with Crippen molar-refractivity contribution < 1.29 is 27.5 Å². The molecule has 0 atom stereocenters. The van der Waals surface area contributed by atoms with Gasteiger partial charge in [0.05, 0.1) is 22.5 Å². The third-order valence-electron chi connectivity index (χ3n) is 2.88. The SMILES string of the molecule is Cc1cnc(C(=O)OCC(=O)Nc2ccc(Cl)c(C(F)(F)F)c2)cn1. The monoisotopic (exact) mass is 373 g/mol. The third kappa shape index (κ3) is 5.15. The smallest absolute Gasteiger partial charge is 0.417 e. The number of hydrogen-bond donors (Lipinski definition) is 1. The molecule has 1 aromatic heterocycles. The van der Waals surface area contributed by atoms with E-state index in [9.17, 15) is 22.8 Å². The molecular weight excluding hydrogens is 363 g/mol. The van der Waals surface area contributed by atoms with E-state index in [0.717, 1.165) is 6.07 Å². The van der Waals surface area contributed by atoms with Crippen molar-refractivity contribution in [2.75, 3.05) is 11.9 Å². The highest BCUT2D eigenvalue weighted by atomic mass is 35.5. The van der Waals surface area contributed by atoms with Gasteiger partial charge in [0.1, 0.15) is 0 Å². The maximum atomic E-state index is 12.8. The van der Waals surface area contributed by atoms with Gasteiger partial charge in [0, 0.05) is 11.9 Å². The fraction of sp³-hybridized carbons (Fsp3) is 0.200. The van der Waals surface area contributed by atoms with Crippen molar-refractivity contribution in [1.29, 1.82) is 0 Å². The molecule has 1 N–H and O–H groups in total. The molecule has 0 saturated heterocycles. The number of carbonyl (C=O) groups is 2. The van der Waals surface area contributed by atoms with Crippen molar-refractivity contribution in [3.8, 4) is 0 Å². The van der Waals surface area contributed by atoms with Gasteiger partial charge >= 0.3 is 12.1 Å². The van der Waals surface area contributed by atoms with Gasteiger partial charge in [0.25, 0.3) is 5.91 Å². The second-order valence-electron chi connectivity index (χ2n) is 4.86. The van der Waals surface area contributed by atoms with E-state index in [2.05, 4.69) is 15.3 Å². The molecule has 25 heavy (non-hydrogen) atoms. The fourth-order valence-electron chi connectivity index (χ4n) is 1.72. The summed E-state index contributed by atoms with van der Waals surface area (Å²) >= 11 is 5.48. The van der Waals surface area contributed by atoms with Crippen LogP contribution in [-0.2, 0) is 15.7 Å². The molecule has 0 aliphatic carbocycles. The zero-order valence-electron chi connectivity index (χ0n) is 12.7. The van der Waals surface area contributed by atoms with Crippen molar-refractivity contribution in [3.63, 3.8) is 0 Å². The number of nitrogens with zero attached hydrogens (tertiary/aromatic N) is 2. The highest BCUT2D eigenvalue weighted by molar-refractivity contribution is 6.31. The van der Waals surface area contributed by atoms with E-state index in [1.807, 2.05) is 0 Å². The Balaban J connectivity index is 1.96. The van der Waals surface area contributed by atoms with E-state index in [4.69, 9.17) is 16.3 Å². The van der Waals surface area contributed by atoms with Gasteiger partial charge in [-0.3, -0.25) is 9.78 Å². The zero-order chi connectivity index (χ0) is 18.6. The van der Waals surface area contributed by atoms with Crippen LogP contribution >= 0.6 is 11.6 Å². The third-order valence-corrected chi connectivity index (χ3v) is 3.21. The molecule has 0 fully saturated rings. The Kier molecular flexibility index (Phi) is 5.58. The molecule has 1 aromatic carbocycles. The molecule has 132 valence electrons. The number of benzene rings is 1. The van der Waals surface area contributed by atoms with E-state index < -0.39 is 35.2 Å². The first-order valence-corrected chi connectivity index (χ1v) is 7.17. The van der Waals surface area contributed by atoms with Gasteiger partial charge in [-0.05, 0) is 25.1 Å². The predicted octanol–water partition coefficient (Wildman–Crippen LogP) is 3.25. The summed E-state index contributed by atoms with van der Waals surface area (Å²) in [6.07, 6.45) is -2.12. The van der Waals surface area contributed by atoms with E-state index in [1.54, 1.807) is 6.92 Å². The average molecular weight is 374 g/mol. The number of alkyl halides is 3. The summed E-state index contributed by atoms with van der Waals surface area (Å²) in [5.74, 6) is -1.70. The molecular formula is C15H11ClF3N3O3. The maximum absolute atomic E-state index is 12.8. The minimum absolute atomic E-state index is 0.0933. The molecule has 0 unspecified atom stereocenters. The second-order valence-corrected chi connectivity index (χ2v) is 5.27. The average Bonchev–Trinajstić information content (AvgIpc) is 2.54. The van der Waals surface area contributed by atoms with Crippen molar-refractivity contribution in [2.24, 2.45) is 0 Å². The Labute approximate surface area is 145 Å². The summed E-state index contributed by atoms with van der Waals surface area (Å²) in [5.41, 5.74) is -0.714. The summed E-state index contributed by atoms with van der Waals surface area (Å²) in [4.78, 5) is 31.0. The topological polar surface area (TPSA) is 81.2 Å². The lowest BCUT2D eigenvalue weighted by atomic mass is 10.2. The molecule has 1 amide bonds. The normalized spacial score (nSPS) is 11.1. The number of ether oxygens (including phenoxy) is 1. The lowest BCUT2D eigenvalue weighted by Gasteiger charge is -2.11. The van der Waals surface area contributed by atoms with Gasteiger partial charge in [0.15, 0.2) is 12.3 Å². The van der Waals surface area contributed by atoms with Gasteiger partial charge in [-0.15, -0.1) is 0 Å². The van der Waals surface area contributed by atoms with Crippen molar-refractivity contribution >= 4 is 29.2 Å². The van der Waals surface area contributed by atoms with E-state index in [0.29, 0.717) is 11.8 Å². The number of hydrogen-bond acceptors (Lipinski definition) is 5. The Bertz CT molecular complexity index is 795. The molecule has 0 spiro atoms. The van der Waals surface area contributed by atoms with E-state index in [1.165, 1.54) is 18.5 Å². The highest BCUT2D eigenvalue weighted by Crippen LogP contribution is 2.36. The van der Waals surface area contributed by atoms with Crippen LogP contribution in [0.4, 0.5) is 18.9 Å². The lowest BCUT2D eigenvalue weighted by molar-refractivity contribution is -0.137. The molecule has 1 heterocycles. The largest absolute Gasteiger partial charge is 0.451 e. The number of esters is 1. The van der Waals surface area contributed by atoms with E-state index in [-0.39, 0.29) is 11.4 Å². The number of nitrogens with one attached hydrogen (secondary N) is 1. The Morgan fingerprint density at radius 1 is 1.24 bits per heavy atom. The summed E-state index contributed by atoms with van der Waals surface area (Å²) in [7, 11) is 0. The van der Waals surface area contributed by atoms with Crippen LogP contribution in [-0.4, -0.2) is 28.5 Å². The van der Waals surface area contributed by atoms with Gasteiger partial charge in [-0.1, -0.05) is 11.6 Å². The summed E-state index contributed by atoms with van der Waals surface area (Å²) in [5, 5.41) is 1.70. The maximum Gasteiger partial charge on any atom is 0.417 e. The number of aromatic nitrogens is 2. The number of rotatable bonds is 4. The first kappa shape index (κ1) is 18.7. The molecule has 0 radical (unpaired) electrons. The van der Waals surface area contributed by atoms with Crippen LogP contribution in [0.3, 0.4) is 0 Å². The van der Waals surface area contributed by atoms with Crippen LogP contribution in [0.1, 0.15) is 21.7 Å². The van der Waals surface area contributed by atoms with Crippen LogP contribution in [0.5, 0.6) is 0 Å². The number of carbonyl (C=O) groups excluding carboxylic acids is 2. The van der Waals surface area contributed by atoms with Crippen molar-refractivity contribution in [3.05, 3.63) is 52.6 Å². The summed E-state index contributed by atoms with van der Waals surface area (Å²) < 4.78 is 43.0. The lowest BCUT2D eigenvalue weighted by Crippen LogP contribution is -2.21. The van der Waals surface area contributed by atoms with Gasteiger partial charge < -0.3 is 10.1 Å². The molecule has 0 bridgehead atoms. The number of amides is 1. The minimum Gasteiger partial charge on any atom is -0.451 e. The molecule has 2 aromatic rings. The minimum atomic E-state index is -4.66. The molecule has 6 nitrogen and oxygen atoms in total. The van der Waals surface area contributed by atoms with Crippen LogP contribution in [0.2, 0.25) is 5.02 Å². The second kappa shape index (κ2) is 7.47. The Hall–Kier alpha value is -2.68. The number of aryl methyl sites for hydroxylation is 1. The molecule has 2 rings (SSSR count). The van der Waals surface area contributed by atoms with Crippen molar-refractivity contribution in [1.82, 2.24) is 9.97 Å². The van der Waals surface area contributed by atoms with Crippen LogP contribution in [0, 0.1) is 6.92 Å². The van der Waals surface area contributed by atoms with Crippen molar-refractivity contribution in [2.45, 2.75) is 13.1 Å². The summed E-state index contributed by atoms with van der Waals surface area (Å²) in [6.45, 7) is 0.981. The molecule has 0 aliphatic heterocycles.